The second kappa shape index (κ2) is 7.54. The number of hydrogen-bond acceptors (Lipinski definition) is 3. The molecule has 23 heavy (non-hydrogen) atoms. The van der Waals surface area contributed by atoms with E-state index in [9.17, 15) is 4.79 Å². The lowest BCUT2D eigenvalue weighted by Crippen LogP contribution is -2.35. The Morgan fingerprint density at radius 3 is 3.09 bits per heavy atom. The molecule has 1 aromatic rings. The molecule has 5 heteroatoms. The lowest BCUT2D eigenvalue weighted by molar-refractivity contribution is -0.121. The van der Waals surface area contributed by atoms with Gasteiger partial charge in [-0.15, -0.1) is 0 Å². The molecule has 1 amide bonds. The normalized spacial score (nSPS) is 24.2. The average Bonchev–Trinajstić information content (AvgIpc) is 3.19. The number of carbonyl (C=O) groups is 1. The van der Waals surface area contributed by atoms with Gasteiger partial charge >= 0.3 is 0 Å². The molecule has 2 aliphatic heterocycles. The van der Waals surface area contributed by atoms with Gasteiger partial charge in [0.05, 0.1) is 0 Å². The Kier molecular flexibility index (Phi) is 5.44. The highest BCUT2D eigenvalue weighted by Crippen LogP contribution is 2.29. The Balaban J connectivity index is 1.46. The van der Waals surface area contributed by atoms with E-state index >= 15 is 0 Å². The highest BCUT2D eigenvalue weighted by Gasteiger charge is 2.25. The van der Waals surface area contributed by atoms with Gasteiger partial charge in [0.2, 0.25) is 5.91 Å². The first-order valence-corrected chi connectivity index (χ1v) is 9.01. The zero-order chi connectivity index (χ0) is 16.2. The number of nitrogens with zero attached hydrogens (tertiary/aromatic N) is 1. The van der Waals surface area contributed by atoms with Gasteiger partial charge in [-0.25, -0.2) is 0 Å². The van der Waals surface area contributed by atoms with Crippen LogP contribution in [-0.2, 0) is 4.79 Å². The molecule has 2 unspecified atom stereocenters. The topological polar surface area (TPSA) is 44.4 Å². The molecule has 2 aliphatic rings. The minimum Gasteiger partial charge on any atom is -0.371 e. The molecule has 0 spiro atoms. The molecule has 2 N–H and O–H groups in total. The summed E-state index contributed by atoms with van der Waals surface area (Å²) in [6, 6.07) is 6.43. The molecule has 2 fully saturated rings. The number of benzene rings is 1. The number of anilines is 1. The predicted molar refractivity (Wildman–Crippen MR) is 95.2 cm³/mol. The molecule has 126 valence electrons. The van der Waals surface area contributed by atoms with Crippen molar-refractivity contribution in [1.29, 1.82) is 0 Å². The van der Waals surface area contributed by atoms with E-state index in [1.54, 1.807) is 0 Å². The third kappa shape index (κ3) is 4.39. The quantitative estimate of drug-likeness (QED) is 0.869. The van der Waals surface area contributed by atoms with Gasteiger partial charge in [0.15, 0.2) is 0 Å². The molecular formula is C18H26ClN3O. The lowest BCUT2D eigenvalue weighted by atomic mass is 10.1. The van der Waals surface area contributed by atoms with Crippen molar-refractivity contribution in [2.45, 2.75) is 38.6 Å². The third-order valence-corrected chi connectivity index (χ3v) is 5.21. The summed E-state index contributed by atoms with van der Waals surface area (Å²) in [5, 5.41) is 7.28. The maximum atomic E-state index is 12.0. The molecular weight excluding hydrogens is 310 g/mol. The van der Waals surface area contributed by atoms with E-state index in [1.165, 1.54) is 17.7 Å². The van der Waals surface area contributed by atoms with Crippen LogP contribution in [0, 0.1) is 12.8 Å². The molecule has 0 bridgehead atoms. The van der Waals surface area contributed by atoms with Crippen molar-refractivity contribution in [3.8, 4) is 0 Å². The number of halogens is 1. The van der Waals surface area contributed by atoms with E-state index in [4.69, 9.17) is 11.6 Å². The summed E-state index contributed by atoms with van der Waals surface area (Å²) in [7, 11) is 0. The van der Waals surface area contributed by atoms with Crippen molar-refractivity contribution in [2.24, 2.45) is 5.92 Å². The predicted octanol–water partition coefficient (Wildman–Crippen LogP) is 2.73. The van der Waals surface area contributed by atoms with Gasteiger partial charge in [-0.2, -0.15) is 0 Å². The smallest absolute Gasteiger partial charge is 0.221 e. The van der Waals surface area contributed by atoms with Crippen molar-refractivity contribution >= 4 is 23.2 Å². The van der Waals surface area contributed by atoms with E-state index < -0.39 is 0 Å². The van der Waals surface area contributed by atoms with Crippen LogP contribution >= 0.6 is 11.6 Å². The SMILES string of the molecule is Cc1ccc(Cl)cc1N1CCC(CNC(=O)CC2CCCN2)C1. The summed E-state index contributed by atoms with van der Waals surface area (Å²) in [5.74, 6) is 0.704. The number of hydrogen-bond donors (Lipinski definition) is 2. The summed E-state index contributed by atoms with van der Waals surface area (Å²) in [5.41, 5.74) is 2.48. The van der Waals surface area contributed by atoms with Crippen LogP contribution in [0.1, 0.15) is 31.2 Å². The molecule has 2 atom stereocenters. The highest BCUT2D eigenvalue weighted by atomic mass is 35.5. The molecule has 4 nitrogen and oxygen atoms in total. The van der Waals surface area contributed by atoms with Crippen LogP contribution in [0.25, 0.3) is 0 Å². The zero-order valence-electron chi connectivity index (χ0n) is 13.8. The third-order valence-electron chi connectivity index (χ3n) is 4.98. The molecule has 0 aromatic heterocycles. The molecule has 1 aromatic carbocycles. The summed E-state index contributed by atoms with van der Waals surface area (Å²) >= 11 is 6.13. The van der Waals surface area contributed by atoms with Crippen molar-refractivity contribution in [2.75, 3.05) is 31.1 Å². The van der Waals surface area contributed by atoms with Crippen LogP contribution < -0.4 is 15.5 Å². The second-order valence-corrected chi connectivity index (χ2v) is 7.27. The first kappa shape index (κ1) is 16.6. The van der Waals surface area contributed by atoms with Crippen molar-refractivity contribution in [3.63, 3.8) is 0 Å². The summed E-state index contributed by atoms with van der Waals surface area (Å²) in [6.45, 7) is 5.97. The van der Waals surface area contributed by atoms with Crippen LogP contribution in [0.5, 0.6) is 0 Å². The van der Waals surface area contributed by atoms with E-state index in [1.807, 2.05) is 12.1 Å². The fraction of sp³-hybridized carbons (Fsp3) is 0.611. The van der Waals surface area contributed by atoms with Crippen LogP contribution in [0.4, 0.5) is 5.69 Å². The van der Waals surface area contributed by atoms with Gasteiger partial charge in [0, 0.05) is 42.8 Å². The maximum absolute atomic E-state index is 12.0. The van der Waals surface area contributed by atoms with Crippen LogP contribution in [0.15, 0.2) is 18.2 Å². The lowest BCUT2D eigenvalue weighted by Gasteiger charge is -2.21. The Morgan fingerprint density at radius 1 is 1.43 bits per heavy atom. The fourth-order valence-electron chi connectivity index (χ4n) is 3.63. The Labute approximate surface area is 143 Å². The van der Waals surface area contributed by atoms with E-state index in [0.717, 1.165) is 44.0 Å². The monoisotopic (exact) mass is 335 g/mol. The summed E-state index contributed by atoms with van der Waals surface area (Å²) < 4.78 is 0. The van der Waals surface area contributed by atoms with Crippen LogP contribution in [-0.4, -0.2) is 38.1 Å². The van der Waals surface area contributed by atoms with Gasteiger partial charge in [-0.05, 0) is 56.3 Å². The van der Waals surface area contributed by atoms with Crippen molar-refractivity contribution < 1.29 is 4.79 Å². The van der Waals surface area contributed by atoms with E-state index in [0.29, 0.717) is 18.4 Å². The molecule has 2 heterocycles. The summed E-state index contributed by atoms with van der Waals surface area (Å²) in [6.07, 6.45) is 4.05. The molecule has 0 radical (unpaired) electrons. The van der Waals surface area contributed by atoms with Crippen molar-refractivity contribution in [3.05, 3.63) is 28.8 Å². The average molecular weight is 336 g/mol. The highest BCUT2D eigenvalue weighted by molar-refractivity contribution is 6.30. The Morgan fingerprint density at radius 2 is 2.30 bits per heavy atom. The van der Waals surface area contributed by atoms with Gasteiger partial charge in [-0.3, -0.25) is 4.79 Å². The number of aryl methyl sites for hydroxylation is 1. The molecule has 0 saturated carbocycles. The van der Waals surface area contributed by atoms with Crippen LogP contribution in [0.2, 0.25) is 5.02 Å². The number of rotatable bonds is 5. The minimum atomic E-state index is 0.182. The second-order valence-electron chi connectivity index (χ2n) is 6.83. The van der Waals surface area contributed by atoms with Crippen LogP contribution in [0.3, 0.4) is 0 Å². The Bertz CT molecular complexity index is 557. The van der Waals surface area contributed by atoms with Gasteiger partial charge in [0.1, 0.15) is 0 Å². The maximum Gasteiger partial charge on any atom is 0.221 e. The molecule has 0 aliphatic carbocycles. The molecule has 2 saturated heterocycles. The Hall–Kier alpha value is -1.26. The largest absolute Gasteiger partial charge is 0.371 e. The van der Waals surface area contributed by atoms with Gasteiger partial charge in [-0.1, -0.05) is 17.7 Å². The first-order chi connectivity index (χ1) is 11.1. The minimum absolute atomic E-state index is 0.182. The standard InChI is InChI=1S/C18H26ClN3O/c1-13-4-5-15(19)9-17(13)22-8-6-14(12-22)11-21-18(23)10-16-3-2-7-20-16/h4-5,9,14,16,20H,2-3,6-8,10-12H2,1H3,(H,21,23). The zero-order valence-corrected chi connectivity index (χ0v) is 14.5. The summed E-state index contributed by atoms with van der Waals surface area (Å²) in [4.78, 5) is 14.4. The number of amides is 1. The first-order valence-electron chi connectivity index (χ1n) is 8.63. The number of carbonyl (C=O) groups excluding carboxylic acids is 1. The fourth-order valence-corrected chi connectivity index (χ4v) is 3.79. The van der Waals surface area contributed by atoms with E-state index in [2.05, 4.69) is 28.5 Å². The molecule has 3 rings (SSSR count). The number of nitrogens with one attached hydrogen (secondary N) is 2. The van der Waals surface area contributed by atoms with Gasteiger partial charge < -0.3 is 15.5 Å². The van der Waals surface area contributed by atoms with Gasteiger partial charge in [0.25, 0.3) is 0 Å². The van der Waals surface area contributed by atoms with Crippen molar-refractivity contribution in [1.82, 2.24) is 10.6 Å². The van der Waals surface area contributed by atoms with E-state index in [-0.39, 0.29) is 5.91 Å².